The lowest BCUT2D eigenvalue weighted by Crippen LogP contribution is -2.16. The van der Waals surface area contributed by atoms with Crippen molar-refractivity contribution in [2.45, 2.75) is 44.9 Å². The summed E-state index contributed by atoms with van der Waals surface area (Å²) in [4.78, 5) is 40.6. The highest BCUT2D eigenvalue weighted by molar-refractivity contribution is 6.01. The lowest BCUT2D eigenvalue weighted by molar-refractivity contribution is 0.0993. The van der Waals surface area contributed by atoms with Gasteiger partial charge in [-0.05, 0) is 67.3 Å². The second kappa shape index (κ2) is 9.86. The monoisotopic (exact) mass is 523 g/mol. The van der Waals surface area contributed by atoms with Crippen LogP contribution in [0, 0.1) is 5.82 Å². The molecule has 1 aliphatic rings. The first-order valence-electron chi connectivity index (χ1n) is 12.9. The molecule has 0 radical (unpaired) electrons. The van der Waals surface area contributed by atoms with Crippen LogP contribution in [0.5, 0.6) is 0 Å². The van der Waals surface area contributed by atoms with Crippen molar-refractivity contribution in [1.82, 2.24) is 29.7 Å². The average molecular weight is 524 g/mol. The van der Waals surface area contributed by atoms with Gasteiger partial charge in [0.15, 0.2) is 17.1 Å². The number of hydrogen-bond donors (Lipinski definition) is 2. The molecule has 1 fully saturated rings. The Hall–Kier alpha value is -4.73. The number of aromatic nitrogens is 6. The molecule has 0 spiro atoms. The van der Waals surface area contributed by atoms with E-state index in [1.165, 1.54) is 19.1 Å². The Kier molecular flexibility index (Phi) is 6.22. The summed E-state index contributed by atoms with van der Waals surface area (Å²) in [5.74, 6) is 0.343. The first-order valence-corrected chi connectivity index (χ1v) is 12.9. The molecule has 9 nitrogen and oxygen atoms in total. The summed E-state index contributed by atoms with van der Waals surface area (Å²) >= 11 is 0. The molecular formula is C29H26FN7O2. The van der Waals surface area contributed by atoms with Gasteiger partial charge in [0.25, 0.3) is 5.91 Å². The minimum absolute atomic E-state index is 0.0115. The van der Waals surface area contributed by atoms with Gasteiger partial charge >= 0.3 is 0 Å². The van der Waals surface area contributed by atoms with Crippen molar-refractivity contribution >= 4 is 22.9 Å². The molecule has 1 aliphatic carbocycles. The summed E-state index contributed by atoms with van der Waals surface area (Å²) < 4.78 is 16.4. The molecule has 2 aromatic carbocycles. The zero-order chi connectivity index (χ0) is 27.1. The van der Waals surface area contributed by atoms with Crippen LogP contribution < -0.4 is 5.73 Å². The predicted molar refractivity (Wildman–Crippen MR) is 143 cm³/mol. The maximum atomic E-state index is 14.7. The van der Waals surface area contributed by atoms with E-state index in [0.717, 1.165) is 37.2 Å². The average Bonchev–Trinajstić information content (AvgIpc) is 3.68. The van der Waals surface area contributed by atoms with E-state index < -0.39 is 11.7 Å². The predicted octanol–water partition coefficient (Wildman–Crippen LogP) is 4.89. The van der Waals surface area contributed by atoms with Crippen LogP contribution in [-0.4, -0.2) is 41.4 Å². The van der Waals surface area contributed by atoms with Crippen LogP contribution in [0.15, 0.2) is 54.9 Å². The highest BCUT2D eigenvalue weighted by Crippen LogP contribution is 2.33. The summed E-state index contributed by atoms with van der Waals surface area (Å²) in [7, 11) is 0. The molecule has 3 heterocycles. The maximum absolute atomic E-state index is 14.7. The van der Waals surface area contributed by atoms with Gasteiger partial charge in [-0.1, -0.05) is 18.9 Å². The number of hydrogen-bond acceptors (Lipinski definition) is 6. The number of nitrogens with two attached hydrogens (primary N) is 1. The van der Waals surface area contributed by atoms with E-state index in [0.29, 0.717) is 45.2 Å². The van der Waals surface area contributed by atoms with Gasteiger partial charge in [-0.15, -0.1) is 0 Å². The van der Waals surface area contributed by atoms with E-state index in [-0.39, 0.29) is 17.9 Å². The fourth-order valence-electron chi connectivity index (χ4n) is 5.17. The molecular weight excluding hydrogens is 497 g/mol. The zero-order valence-corrected chi connectivity index (χ0v) is 21.3. The van der Waals surface area contributed by atoms with Crippen LogP contribution in [0.25, 0.3) is 28.0 Å². The molecule has 0 saturated heterocycles. The fourth-order valence-corrected chi connectivity index (χ4v) is 5.17. The maximum Gasteiger partial charge on any atom is 0.269 e. The third-order valence-corrected chi connectivity index (χ3v) is 7.17. The number of rotatable bonds is 7. The molecule has 1 saturated carbocycles. The molecule has 3 N–H and O–H groups in total. The van der Waals surface area contributed by atoms with Gasteiger partial charge < -0.3 is 10.7 Å². The van der Waals surface area contributed by atoms with Gasteiger partial charge in [0.2, 0.25) is 0 Å². The van der Waals surface area contributed by atoms with Crippen LogP contribution in [0.2, 0.25) is 0 Å². The highest BCUT2D eigenvalue weighted by atomic mass is 19.1. The van der Waals surface area contributed by atoms with E-state index in [9.17, 15) is 14.0 Å². The number of halogens is 1. The summed E-state index contributed by atoms with van der Waals surface area (Å²) in [5.41, 5.74) is 9.93. The van der Waals surface area contributed by atoms with Gasteiger partial charge in [-0.25, -0.2) is 24.0 Å². The van der Waals surface area contributed by atoms with Crippen LogP contribution in [-0.2, 0) is 6.42 Å². The zero-order valence-electron chi connectivity index (χ0n) is 21.3. The van der Waals surface area contributed by atoms with Gasteiger partial charge in [-0.3, -0.25) is 9.59 Å². The first kappa shape index (κ1) is 24.6. The molecule has 3 aromatic heterocycles. The number of amides is 1. The minimum Gasteiger partial charge on any atom is -0.364 e. The van der Waals surface area contributed by atoms with Crippen molar-refractivity contribution in [1.29, 1.82) is 0 Å². The Balaban J connectivity index is 1.30. The van der Waals surface area contributed by atoms with Gasteiger partial charge in [0.1, 0.15) is 23.0 Å². The Morgan fingerprint density at radius 1 is 1.05 bits per heavy atom. The third kappa shape index (κ3) is 4.93. The van der Waals surface area contributed by atoms with Crippen LogP contribution in [0.4, 0.5) is 4.39 Å². The fraction of sp³-hybridized carbons (Fsp3) is 0.241. The van der Waals surface area contributed by atoms with Gasteiger partial charge in [-0.2, -0.15) is 5.10 Å². The van der Waals surface area contributed by atoms with E-state index in [2.05, 4.69) is 25.0 Å². The molecule has 6 rings (SSSR count). The van der Waals surface area contributed by atoms with Crippen molar-refractivity contribution in [2.24, 2.45) is 5.73 Å². The number of H-pyrrole nitrogens is 1. The number of primary amides is 1. The largest absolute Gasteiger partial charge is 0.364 e. The molecule has 0 bridgehead atoms. The summed E-state index contributed by atoms with van der Waals surface area (Å²) in [6, 6.07) is 11.8. The van der Waals surface area contributed by atoms with Crippen molar-refractivity contribution in [3.8, 4) is 16.8 Å². The quantitative estimate of drug-likeness (QED) is 0.292. The number of nitrogens with zero attached hydrogens (tertiary/aromatic N) is 5. The molecule has 10 heteroatoms. The molecule has 0 atom stereocenters. The Morgan fingerprint density at radius 3 is 2.54 bits per heavy atom. The minimum atomic E-state index is -0.672. The lowest BCUT2D eigenvalue weighted by Gasteiger charge is -2.06. The van der Waals surface area contributed by atoms with Crippen molar-refractivity contribution in [3.63, 3.8) is 0 Å². The number of Topliss-reactive ketones (excluding diaryl/α,β-unsaturated/α-hetero) is 1. The second-order valence-corrected chi connectivity index (χ2v) is 9.96. The normalized spacial score (nSPS) is 13.8. The smallest absolute Gasteiger partial charge is 0.269 e. The molecule has 1 amide bonds. The Morgan fingerprint density at radius 2 is 1.82 bits per heavy atom. The van der Waals surface area contributed by atoms with Crippen molar-refractivity contribution in [2.75, 3.05) is 0 Å². The summed E-state index contributed by atoms with van der Waals surface area (Å²) in [6.45, 7) is 1.52. The molecule has 196 valence electrons. The number of aromatic amines is 1. The molecule has 39 heavy (non-hydrogen) atoms. The van der Waals surface area contributed by atoms with E-state index in [1.54, 1.807) is 29.2 Å². The third-order valence-electron chi connectivity index (χ3n) is 7.17. The number of ketones is 1. The van der Waals surface area contributed by atoms with Crippen LogP contribution in [0.3, 0.4) is 0 Å². The van der Waals surface area contributed by atoms with Crippen molar-refractivity contribution in [3.05, 3.63) is 89.1 Å². The van der Waals surface area contributed by atoms with E-state index in [1.807, 2.05) is 18.2 Å². The molecule has 0 aliphatic heterocycles. The number of fused-ring (bicyclic) bond motifs is 1. The highest BCUT2D eigenvalue weighted by Gasteiger charge is 2.23. The van der Waals surface area contributed by atoms with Crippen LogP contribution in [0.1, 0.15) is 76.6 Å². The Labute approximate surface area is 223 Å². The van der Waals surface area contributed by atoms with E-state index >= 15 is 0 Å². The van der Waals surface area contributed by atoms with Gasteiger partial charge in [0, 0.05) is 29.7 Å². The number of imidazole rings is 1. The summed E-state index contributed by atoms with van der Waals surface area (Å²) in [6.07, 6.45) is 8.01. The standard InChI is InChI=1S/C29H26FN7O2/c1-16(38)18-6-8-23(9-7-18)37-15-21(14-32-37)20-10-17(11-22(30)13-20)12-24-33-25(27(31)39)26-29(34-24)36-28(35-26)19-4-2-3-5-19/h6-11,13-15,19H,2-5,12H2,1H3,(H2,31,39)(H,33,34,35,36). The van der Waals surface area contributed by atoms with Crippen LogP contribution >= 0.6 is 0 Å². The Bertz CT molecular complexity index is 1720. The number of carbonyl (C=O) groups is 2. The number of carbonyl (C=O) groups excluding carboxylic acids is 2. The lowest BCUT2D eigenvalue weighted by atomic mass is 10.0. The summed E-state index contributed by atoms with van der Waals surface area (Å²) in [5, 5.41) is 4.40. The number of nitrogens with one attached hydrogen (secondary N) is 1. The number of benzene rings is 2. The second-order valence-electron chi connectivity index (χ2n) is 9.96. The van der Waals surface area contributed by atoms with Gasteiger partial charge in [0.05, 0.1) is 11.9 Å². The first-order chi connectivity index (χ1) is 18.8. The van der Waals surface area contributed by atoms with Crippen molar-refractivity contribution < 1.29 is 14.0 Å². The molecule has 0 unspecified atom stereocenters. The molecule has 5 aromatic rings. The van der Waals surface area contributed by atoms with E-state index in [4.69, 9.17) is 5.73 Å². The topological polar surface area (TPSA) is 132 Å². The SMILES string of the molecule is CC(=O)c1ccc(-n2cc(-c3cc(F)cc(Cc4nc(C(N)=O)c5[nH]c(C6CCCC6)nc5n4)c3)cn2)cc1.